The van der Waals surface area contributed by atoms with Crippen LogP contribution in [0, 0.1) is 0 Å². The van der Waals surface area contributed by atoms with Gasteiger partial charge in [0.05, 0.1) is 11.9 Å². The van der Waals surface area contributed by atoms with Crippen LogP contribution in [0.3, 0.4) is 0 Å². The van der Waals surface area contributed by atoms with Gasteiger partial charge in [-0.15, -0.1) is 0 Å². The summed E-state index contributed by atoms with van der Waals surface area (Å²) in [7, 11) is 0. The smallest absolute Gasteiger partial charge is 0.547 e. The summed E-state index contributed by atoms with van der Waals surface area (Å²) in [6.07, 6.45) is 5.51. The Morgan fingerprint density at radius 1 is 0.880 bits per heavy atom. The zero-order valence-electron chi connectivity index (χ0n) is 15.6. The maximum absolute atomic E-state index is 11.7. The maximum atomic E-state index is 11.7. The van der Waals surface area contributed by atoms with Crippen molar-refractivity contribution in [1.82, 2.24) is 0 Å². The van der Waals surface area contributed by atoms with E-state index in [0.717, 1.165) is 25.7 Å². The second-order valence-electron chi connectivity index (χ2n) is 5.78. The van der Waals surface area contributed by atoms with Crippen LogP contribution in [0.5, 0.6) is 0 Å². The fourth-order valence-electron chi connectivity index (χ4n) is 2.34. The van der Waals surface area contributed by atoms with Gasteiger partial charge >= 0.3 is 59.1 Å². The standard InChI is InChI=1S/C16H28O7.2Na/c1-2-3-4-5-6-7-8-9-10-11-12(17)16(23,15(21)22)13(18)14(19)20;;/h13,18,23H,2-11H2,1H3,(H,19,20)(H,21,22);;/q;2*+1/p-2. The molecule has 0 aromatic rings. The Hall–Kier alpha value is 0.530. The van der Waals surface area contributed by atoms with E-state index in [1.807, 2.05) is 0 Å². The van der Waals surface area contributed by atoms with Crippen molar-refractivity contribution in [3.63, 3.8) is 0 Å². The molecule has 0 aromatic heterocycles. The van der Waals surface area contributed by atoms with Crippen molar-refractivity contribution >= 4 is 17.7 Å². The third-order valence-corrected chi connectivity index (χ3v) is 3.86. The molecule has 25 heavy (non-hydrogen) atoms. The van der Waals surface area contributed by atoms with Gasteiger partial charge in [-0.2, -0.15) is 0 Å². The average molecular weight is 376 g/mol. The van der Waals surface area contributed by atoms with Gasteiger partial charge in [-0.25, -0.2) is 0 Å². The number of rotatable bonds is 14. The third kappa shape index (κ3) is 11.1. The van der Waals surface area contributed by atoms with Gasteiger partial charge in [0.25, 0.3) is 0 Å². The molecule has 0 saturated carbocycles. The van der Waals surface area contributed by atoms with Crippen LogP contribution >= 0.6 is 0 Å². The quantitative estimate of drug-likeness (QED) is 0.175. The maximum Gasteiger partial charge on any atom is 1.00 e. The normalized spacial score (nSPS) is 13.7. The van der Waals surface area contributed by atoms with E-state index < -0.39 is 29.4 Å². The molecule has 0 aliphatic heterocycles. The summed E-state index contributed by atoms with van der Waals surface area (Å²) in [6.45, 7) is 2.14. The molecule has 0 aliphatic rings. The Morgan fingerprint density at radius 2 is 1.28 bits per heavy atom. The molecule has 0 aromatic carbocycles. The third-order valence-electron chi connectivity index (χ3n) is 3.86. The molecule has 2 N–H and O–H groups in total. The number of carboxylic acid groups (broad SMARTS) is 2. The summed E-state index contributed by atoms with van der Waals surface area (Å²) < 4.78 is 0. The molecule has 0 saturated heterocycles. The molecule has 0 spiro atoms. The number of aliphatic carboxylic acids is 2. The summed E-state index contributed by atoms with van der Waals surface area (Å²) in [5.74, 6) is -5.86. The fraction of sp³-hybridized carbons (Fsp3) is 0.812. The van der Waals surface area contributed by atoms with E-state index in [9.17, 15) is 34.8 Å². The molecule has 0 fully saturated rings. The summed E-state index contributed by atoms with van der Waals surface area (Å²) >= 11 is 0. The number of hydrogen-bond donors (Lipinski definition) is 2. The van der Waals surface area contributed by atoms with Gasteiger partial charge in [0, 0.05) is 6.42 Å². The summed E-state index contributed by atoms with van der Waals surface area (Å²) in [5, 5.41) is 40.2. The molecule has 0 bridgehead atoms. The van der Waals surface area contributed by atoms with Gasteiger partial charge in [0.1, 0.15) is 6.10 Å². The number of carbonyl (C=O) groups is 3. The van der Waals surface area contributed by atoms with Crippen LogP contribution in [0.4, 0.5) is 0 Å². The molecule has 0 amide bonds. The van der Waals surface area contributed by atoms with Crippen molar-refractivity contribution in [2.45, 2.75) is 82.8 Å². The Morgan fingerprint density at radius 3 is 1.64 bits per heavy atom. The first kappa shape index (κ1) is 30.3. The summed E-state index contributed by atoms with van der Waals surface area (Å²) in [6, 6.07) is 0. The molecule has 0 heterocycles. The molecule has 134 valence electrons. The Kier molecular flexibility index (Phi) is 20.2. The Labute approximate surface area is 193 Å². The number of aliphatic hydroxyl groups is 2. The SMILES string of the molecule is CCCCCCCCCCCC(=O)C(O)(C(=O)[O-])C(O)C(=O)[O-].[Na+].[Na+]. The van der Waals surface area contributed by atoms with E-state index in [1.165, 1.54) is 19.3 Å². The van der Waals surface area contributed by atoms with Crippen LogP contribution in [0.15, 0.2) is 0 Å². The van der Waals surface area contributed by atoms with Crippen molar-refractivity contribution < 1.29 is 93.9 Å². The number of carboxylic acids is 2. The van der Waals surface area contributed by atoms with E-state index in [4.69, 9.17) is 0 Å². The number of aliphatic hydroxyl groups excluding tert-OH is 1. The number of hydrogen-bond acceptors (Lipinski definition) is 7. The first-order valence-corrected chi connectivity index (χ1v) is 8.14. The predicted octanol–water partition coefficient (Wildman–Crippen LogP) is -6.92. The summed E-state index contributed by atoms with van der Waals surface area (Å²) in [4.78, 5) is 33.1. The van der Waals surface area contributed by atoms with E-state index >= 15 is 0 Å². The van der Waals surface area contributed by atoms with Crippen molar-refractivity contribution in [1.29, 1.82) is 0 Å². The molecule has 0 rings (SSSR count). The van der Waals surface area contributed by atoms with E-state index in [1.54, 1.807) is 0 Å². The Balaban J connectivity index is -0.00000242. The van der Waals surface area contributed by atoms with Gasteiger partial charge in [-0.05, 0) is 6.42 Å². The van der Waals surface area contributed by atoms with Crippen LogP contribution in [-0.2, 0) is 14.4 Å². The van der Waals surface area contributed by atoms with E-state index in [2.05, 4.69) is 6.92 Å². The van der Waals surface area contributed by atoms with Crippen LogP contribution < -0.4 is 69.3 Å². The van der Waals surface area contributed by atoms with Gasteiger partial charge in [-0.1, -0.05) is 58.3 Å². The predicted molar refractivity (Wildman–Crippen MR) is 77.8 cm³/mol. The van der Waals surface area contributed by atoms with Crippen LogP contribution in [-0.4, -0.2) is 39.6 Å². The topological polar surface area (TPSA) is 138 Å². The second-order valence-corrected chi connectivity index (χ2v) is 5.78. The minimum absolute atomic E-state index is 0. The van der Waals surface area contributed by atoms with Crippen molar-refractivity contribution in [3.05, 3.63) is 0 Å². The minimum atomic E-state index is -3.46. The average Bonchev–Trinajstić information content (AvgIpc) is 2.51. The van der Waals surface area contributed by atoms with Crippen LogP contribution in [0.1, 0.15) is 71.1 Å². The van der Waals surface area contributed by atoms with Gasteiger partial charge in [0.15, 0.2) is 11.4 Å². The monoisotopic (exact) mass is 376 g/mol. The van der Waals surface area contributed by atoms with Gasteiger partial charge in [-0.3, -0.25) is 4.79 Å². The van der Waals surface area contributed by atoms with Gasteiger partial charge in [0.2, 0.25) is 0 Å². The number of carbonyl (C=O) groups excluding carboxylic acids is 3. The second kappa shape index (κ2) is 16.7. The molecular weight excluding hydrogens is 350 g/mol. The molecule has 2 atom stereocenters. The number of ketones is 1. The fourth-order valence-corrected chi connectivity index (χ4v) is 2.34. The zero-order valence-corrected chi connectivity index (χ0v) is 19.6. The Bertz CT molecular complexity index is 404. The largest absolute Gasteiger partial charge is 1.00 e. The number of unbranched alkanes of at least 4 members (excludes halogenated alkanes) is 8. The van der Waals surface area contributed by atoms with Crippen LogP contribution in [0.2, 0.25) is 0 Å². The zero-order chi connectivity index (χ0) is 17.9. The molecular formula is C16H26Na2O7. The van der Waals surface area contributed by atoms with Crippen LogP contribution in [0.25, 0.3) is 0 Å². The van der Waals surface area contributed by atoms with Crippen molar-refractivity contribution in [2.75, 3.05) is 0 Å². The minimum Gasteiger partial charge on any atom is -0.547 e. The molecule has 9 heteroatoms. The summed E-state index contributed by atoms with van der Waals surface area (Å²) in [5.41, 5.74) is -3.46. The van der Waals surface area contributed by atoms with E-state index in [0.29, 0.717) is 12.8 Å². The molecule has 7 nitrogen and oxygen atoms in total. The number of Topliss-reactive ketones (excluding diaryl/α,β-unsaturated/α-hetero) is 1. The van der Waals surface area contributed by atoms with Crippen molar-refractivity contribution in [2.24, 2.45) is 0 Å². The van der Waals surface area contributed by atoms with Gasteiger partial charge < -0.3 is 30.0 Å². The molecule has 2 unspecified atom stereocenters. The first-order valence-electron chi connectivity index (χ1n) is 8.14. The first-order chi connectivity index (χ1) is 10.8. The van der Waals surface area contributed by atoms with E-state index in [-0.39, 0.29) is 65.5 Å². The molecule has 0 aliphatic carbocycles. The van der Waals surface area contributed by atoms with Crippen molar-refractivity contribution in [3.8, 4) is 0 Å². The molecule has 0 radical (unpaired) electrons.